The number of hydrogen-bond donors (Lipinski definition) is 0. The molecule has 0 aliphatic heterocycles. The van der Waals surface area contributed by atoms with Crippen LogP contribution in [0.2, 0.25) is 0 Å². The Labute approximate surface area is 165 Å². The van der Waals surface area contributed by atoms with Crippen LogP contribution < -0.4 is 0 Å². The van der Waals surface area contributed by atoms with Gasteiger partial charge in [-0.2, -0.15) is 0 Å². The molecular weight excluding hydrogens is 324 g/mol. The lowest BCUT2D eigenvalue weighted by Crippen LogP contribution is -1.97. The van der Waals surface area contributed by atoms with Crippen molar-refractivity contribution in [3.63, 3.8) is 0 Å². The third-order valence-corrected chi connectivity index (χ3v) is 5.56. The van der Waals surface area contributed by atoms with Crippen molar-refractivity contribution < 1.29 is 0 Å². The SMILES string of the molecule is CCCc1ccc(-c2ccc(-c3ccccc3C(C)CCC)c(C)c2)cc1. The molecule has 27 heavy (non-hydrogen) atoms. The molecule has 0 aliphatic carbocycles. The van der Waals surface area contributed by atoms with Gasteiger partial charge in [0.1, 0.15) is 0 Å². The van der Waals surface area contributed by atoms with Gasteiger partial charge in [-0.15, -0.1) is 0 Å². The Balaban J connectivity index is 1.94. The molecule has 3 aromatic rings. The maximum Gasteiger partial charge on any atom is -0.0147 e. The molecular formula is C27H32. The van der Waals surface area contributed by atoms with E-state index >= 15 is 0 Å². The van der Waals surface area contributed by atoms with Crippen molar-refractivity contribution in [1.29, 1.82) is 0 Å². The second-order valence-corrected chi connectivity index (χ2v) is 7.75. The van der Waals surface area contributed by atoms with E-state index in [1.165, 1.54) is 58.2 Å². The van der Waals surface area contributed by atoms with Crippen LogP contribution in [-0.2, 0) is 6.42 Å². The number of aryl methyl sites for hydroxylation is 2. The predicted molar refractivity (Wildman–Crippen MR) is 119 cm³/mol. The van der Waals surface area contributed by atoms with Gasteiger partial charge >= 0.3 is 0 Å². The first-order valence-corrected chi connectivity index (χ1v) is 10.4. The molecule has 1 atom stereocenters. The Morgan fingerprint density at radius 1 is 0.741 bits per heavy atom. The van der Waals surface area contributed by atoms with Crippen molar-refractivity contribution in [2.45, 2.75) is 59.3 Å². The lowest BCUT2D eigenvalue weighted by Gasteiger charge is -2.18. The highest BCUT2D eigenvalue weighted by Crippen LogP contribution is 2.35. The smallest absolute Gasteiger partial charge is 0.0147 e. The van der Waals surface area contributed by atoms with Crippen molar-refractivity contribution in [2.75, 3.05) is 0 Å². The summed E-state index contributed by atoms with van der Waals surface area (Å²) in [7, 11) is 0. The predicted octanol–water partition coefficient (Wildman–Crippen LogP) is 8.19. The van der Waals surface area contributed by atoms with Crippen LogP contribution in [-0.4, -0.2) is 0 Å². The van der Waals surface area contributed by atoms with Gasteiger partial charge in [0.25, 0.3) is 0 Å². The summed E-state index contributed by atoms with van der Waals surface area (Å²) in [6, 6.07) is 24.9. The molecule has 0 radical (unpaired) electrons. The van der Waals surface area contributed by atoms with E-state index in [9.17, 15) is 0 Å². The summed E-state index contributed by atoms with van der Waals surface area (Å²) in [5, 5.41) is 0. The third kappa shape index (κ3) is 4.50. The van der Waals surface area contributed by atoms with Crippen LogP contribution in [0.25, 0.3) is 22.3 Å². The molecule has 0 fully saturated rings. The van der Waals surface area contributed by atoms with Gasteiger partial charge in [-0.25, -0.2) is 0 Å². The highest BCUT2D eigenvalue weighted by molar-refractivity contribution is 5.75. The molecule has 0 heterocycles. The summed E-state index contributed by atoms with van der Waals surface area (Å²) in [6.45, 7) is 9.09. The van der Waals surface area contributed by atoms with E-state index in [-0.39, 0.29) is 0 Å². The van der Waals surface area contributed by atoms with Gasteiger partial charge in [0, 0.05) is 0 Å². The molecule has 0 saturated carbocycles. The van der Waals surface area contributed by atoms with E-state index < -0.39 is 0 Å². The van der Waals surface area contributed by atoms with E-state index in [0.29, 0.717) is 5.92 Å². The van der Waals surface area contributed by atoms with Gasteiger partial charge in [-0.1, -0.05) is 100 Å². The van der Waals surface area contributed by atoms with Gasteiger partial charge in [0.15, 0.2) is 0 Å². The molecule has 0 spiro atoms. The Bertz CT molecular complexity index is 871. The molecule has 3 rings (SSSR count). The van der Waals surface area contributed by atoms with Crippen LogP contribution in [0.3, 0.4) is 0 Å². The maximum atomic E-state index is 2.35. The number of hydrogen-bond acceptors (Lipinski definition) is 0. The van der Waals surface area contributed by atoms with E-state index in [0.717, 1.165) is 6.42 Å². The Hall–Kier alpha value is -2.34. The van der Waals surface area contributed by atoms with E-state index in [2.05, 4.69) is 94.4 Å². The molecule has 0 nitrogen and oxygen atoms in total. The van der Waals surface area contributed by atoms with Crippen molar-refractivity contribution in [3.05, 3.63) is 83.4 Å². The Kier molecular flexibility index (Phi) is 6.50. The zero-order valence-corrected chi connectivity index (χ0v) is 17.3. The molecule has 0 N–H and O–H groups in total. The second kappa shape index (κ2) is 9.04. The maximum absolute atomic E-state index is 2.35. The average Bonchev–Trinajstić information content (AvgIpc) is 2.69. The van der Waals surface area contributed by atoms with Gasteiger partial charge in [0.2, 0.25) is 0 Å². The van der Waals surface area contributed by atoms with E-state index in [1.807, 2.05) is 0 Å². The van der Waals surface area contributed by atoms with Crippen LogP contribution in [0.15, 0.2) is 66.7 Å². The molecule has 1 unspecified atom stereocenters. The largest absolute Gasteiger partial charge is 0.0654 e. The second-order valence-electron chi connectivity index (χ2n) is 7.75. The van der Waals surface area contributed by atoms with Gasteiger partial charge in [-0.3, -0.25) is 0 Å². The lowest BCUT2D eigenvalue weighted by molar-refractivity contribution is 0.666. The van der Waals surface area contributed by atoms with E-state index in [1.54, 1.807) is 0 Å². The summed E-state index contributed by atoms with van der Waals surface area (Å²) < 4.78 is 0. The molecule has 0 aromatic heterocycles. The first-order valence-electron chi connectivity index (χ1n) is 10.4. The number of rotatable bonds is 7. The zero-order valence-electron chi connectivity index (χ0n) is 17.3. The summed E-state index contributed by atoms with van der Waals surface area (Å²) in [5.74, 6) is 0.594. The molecule has 0 bridgehead atoms. The normalized spacial score (nSPS) is 12.1. The monoisotopic (exact) mass is 356 g/mol. The molecule has 0 heteroatoms. The summed E-state index contributed by atoms with van der Waals surface area (Å²) in [6.07, 6.45) is 4.81. The average molecular weight is 357 g/mol. The summed E-state index contributed by atoms with van der Waals surface area (Å²) in [5.41, 5.74) is 9.60. The minimum Gasteiger partial charge on any atom is -0.0654 e. The fraction of sp³-hybridized carbons (Fsp3) is 0.333. The molecule has 140 valence electrons. The van der Waals surface area contributed by atoms with Crippen molar-refractivity contribution >= 4 is 0 Å². The summed E-state index contributed by atoms with van der Waals surface area (Å²) in [4.78, 5) is 0. The topological polar surface area (TPSA) is 0 Å². The molecule has 0 amide bonds. The third-order valence-electron chi connectivity index (χ3n) is 5.56. The van der Waals surface area contributed by atoms with Crippen LogP contribution in [0.1, 0.15) is 62.6 Å². The zero-order chi connectivity index (χ0) is 19.2. The number of benzene rings is 3. The summed E-state index contributed by atoms with van der Waals surface area (Å²) >= 11 is 0. The molecule has 3 aromatic carbocycles. The first-order chi connectivity index (χ1) is 13.1. The van der Waals surface area contributed by atoms with E-state index in [4.69, 9.17) is 0 Å². The lowest BCUT2D eigenvalue weighted by atomic mass is 9.87. The minimum atomic E-state index is 0.594. The highest BCUT2D eigenvalue weighted by atomic mass is 14.2. The van der Waals surface area contributed by atoms with Crippen molar-refractivity contribution in [2.24, 2.45) is 0 Å². The fourth-order valence-corrected chi connectivity index (χ4v) is 4.06. The quantitative estimate of drug-likeness (QED) is 0.400. The molecule has 0 aliphatic rings. The van der Waals surface area contributed by atoms with Crippen LogP contribution in [0.5, 0.6) is 0 Å². The Morgan fingerprint density at radius 3 is 2.11 bits per heavy atom. The standard InChI is InChI=1S/C27H32/c1-5-9-20(3)25-11-7-8-12-27(25)26-18-17-24(19-21(26)4)23-15-13-22(10-6-2)14-16-23/h7-8,11-20H,5-6,9-10H2,1-4H3. The van der Waals surface area contributed by atoms with Crippen molar-refractivity contribution in [3.8, 4) is 22.3 Å². The van der Waals surface area contributed by atoms with Gasteiger partial charge < -0.3 is 0 Å². The Morgan fingerprint density at radius 2 is 1.44 bits per heavy atom. The van der Waals surface area contributed by atoms with Crippen LogP contribution >= 0.6 is 0 Å². The van der Waals surface area contributed by atoms with Crippen molar-refractivity contribution in [1.82, 2.24) is 0 Å². The highest BCUT2D eigenvalue weighted by Gasteiger charge is 2.13. The first kappa shape index (κ1) is 19.4. The fourth-order valence-electron chi connectivity index (χ4n) is 4.06. The van der Waals surface area contributed by atoms with Gasteiger partial charge in [-0.05, 0) is 64.6 Å². The molecule has 0 saturated heterocycles. The van der Waals surface area contributed by atoms with Crippen LogP contribution in [0.4, 0.5) is 0 Å². The van der Waals surface area contributed by atoms with Gasteiger partial charge in [0.05, 0.1) is 0 Å². The van der Waals surface area contributed by atoms with Crippen LogP contribution in [0, 0.1) is 6.92 Å². The minimum absolute atomic E-state index is 0.594.